The molecular formula is C21H18F2N4O2S. The molecule has 30 heavy (non-hydrogen) atoms. The highest BCUT2D eigenvalue weighted by Crippen LogP contribution is 2.26. The average molecular weight is 428 g/mol. The van der Waals surface area contributed by atoms with Crippen LogP contribution < -0.4 is 5.32 Å². The Bertz CT molecular complexity index is 1030. The summed E-state index contributed by atoms with van der Waals surface area (Å²) in [7, 11) is 0. The van der Waals surface area contributed by atoms with Crippen molar-refractivity contribution in [1.82, 2.24) is 19.8 Å². The molecule has 0 saturated heterocycles. The summed E-state index contributed by atoms with van der Waals surface area (Å²) in [6, 6.07) is 10.1. The molecule has 0 unspecified atom stereocenters. The van der Waals surface area contributed by atoms with Crippen molar-refractivity contribution in [3.05, 3.63) is 95.0 Å². The van der Waals surface area contributed by atoms with Gasteiger partial charge in [-0.3, -0.25) is 9.59 Å². The van der Waals surface area contributed by atoms with Crippen molar-refractivity contribution >= 4 is 23.3 Å². The molecule has 9 heteroatoms. The zero-order chi connectivity index (χ0) is 21.5. The Hall–Kier alpha value is -3.46. The Labute approximate surface area is 176 Å². The number of hydrogen-bond acceptors (Lipinski definition) is 5. The third-order valence-corrected chi connectivity index (χ3v) is 4.81. The van der Waals surface area contributed by atoms with Crippen molar-refractivity contribution < 1.29 is 18.4 Å². The number of carbonyl (C=O) groups excluding carboxylic acids is 2. The van der Waals surface area contributed by atoms with Crippen molar-refractivity contribution in [3.63, 3.8) is 0 Å². The number of hydrogen-bond donors (Lipinski definition) is 1. The van der Waals surface area contributed by atoms with E-state index in [9.17, 15) is 18.4 Å². The van der Waals surface area contributed by atoms with E-state index in [1.165, 1.54) is 58.8 Å². The Morgan fingerprint density at radius 2 is 1.90 bits per heavy atom. The highest BCUT2D eigenvalue weighted by Gasteiger charge is 2.34. The van der Waals surface area contributed by atoms with E-state index in [0.29, 0.717) is 5.56 Å². The molecule has 1 atom stereocenters. The predicted molar refractivity (Wildman–Crippen MR) is 109 cm³/mol. The Morgan fingerprint density at radius 3 is 2.53 bits per heavy atom. The number of carbonyl (C=O) groups is 2. The quantitative estimate of drug-likeness (QED) is 0.558. The summed E-state index contributed by atoms with van der Waals surface area (Å²) in [5.41, 5.74) is 0.740. The summed E-state index contributed by atoms with van der Waals surface area (Å²) >= 11 is 0.991. The van der Waals surface area contributed by atoms with Crippen LogP contribution in [0.2, 0.25) is 0 Å². The minimum absolute atomic E-state index is 0.0146. The molecule has 3 aromatic rings. The molecule has 2 amide bonds. The molecule has 0 aliphatic carbocycles. The summed E-state index contributed by atoms with van der Waals surface area (Å²) in [5, 5.41) is 7.91. The van der Waals surface area contributed by atoms with E-state index < -0.39 is 29.5 Å². The van der Waals surface area contributed by atoms with Crippen LogP contribution in [0.5, 0.6) is 0 Å². The molecule has 0 radical (unpaired) electrons. The number of halogens is 2. The van der Waals surface area contributed by atoms with Gasteiger partial charge in [-0.05, 0) is 35.3 Å². The zero-order valence-electron chi connectivity index (χ0n) is 15.8. The van der Waals surface area contributed by atoms with Gasteiger partial charge in [0.05, 0.1) is 0 Å². The van der Waals surface area contributed by atoms with Crippen LogP contribution >= 0.6 is 11.5 Å². The van der Waals surface area contributed by atoms with Crippen molar-refractivity contribution in [2.24, 2.45) is 0 Å². The highest BCUT2D eigenvalue weighted by molar-refractivity contribution is 7.03. The van der Waals surface area contributed by atoms with Crippen LogP contribution in [0.1, 0.15) is 27.7 Å². The molecule has 0 aliphatic heterocycles. The lowest BCUT2D eigenvalue weighted by molar-refractivity contribution is -0.126. The first-order valence-corrected chi connectivity index (χ1v) is 9.80. The Balaban J connectivity index is 1.93. The summed E-state index contributed by atoms with van der Waals surface area (Å²) in [5.74, 6) is -2.19. The number of aromatic nitrogens is 2. The molecule has 0 bridgehead atoms. The van der Waals surface area contributed by atoms with Crippen molar-refractivity contribution in [3.8, 4) is 0 Å². The molecular weight excluding hydrogens is 410 g/mol. The second kappa shape index (κ2) is 9.84. The largest absolute Gasteiger partial charge is 0.350 e. The van der Waals surface area contributed by atoms with Crippen LogP contribution in [0.25, 0.3) is 0 Å². The normalized spacial score (nSPS) is 11.5. The van der Waals surface area contributed by atoms with Crippen LogP contribution in [0.4, 0.5) is 8.78 Å². The molecule has 1 N–H and O–H groups in total. The number of amides is 2. The molecule has 154 valence electrons. The smallest absolute Gasteiger partial charge is 0.276 e. The molecule has 3 rings (SSSR count). The zero-order valence-corrected chi connectivity index (χ0v) is 16.6. The minimum Gasteiger partial charge on any atom is -0.350 e. The van der Waals surface area contributed by atoms with Crippen LogP contribution in [-0.2, 0) is 11.3 Å². The third-order valence-electron chi connectivity index (χ3n) is 4.31. The van der Waals surface area contributed by atoms with Crippen molar-refractivity contribution in [2.45, 2.75) is 12.6 Å². The van der Waals surface area contributed by atoms with E-state index >= 15 is 0 Å². The maximum Gasteiger partial charge on any atom is 0.276 e. The summed E-state index contributed by atoms with van der Waals surface area (Å²) in [4.78, 5) is 27.3. The van der Waals surface area contributed by atoms with Gasteiger partial charge in [-0.1, -0.05) is 40.9 Å². The van der Waals surface area contributed by atoms with E-state index in [-0.39, 0.29) is 24.3 Å². The minimum atomic E-state index is -1.26. The molecule has 0 fully saturated rings. The first-order valence-electron chi connectivity index (χ1n) is 8.96. The van der Waals surface area contributed by atoms with Gasteiger partial charge in [0.15, 0.2) is 5.69 Å². The highest BCUT2D eigenvalue weighted by atomic mass is 32.1. The maximum absolute atomic E-state index is 14.6. The van der Waals surface area contributed by atoms with Crippen molar-refractivity contribution in [1.29, 1.82) is 0 Å². The summed E-state index contributed by atoms with van der Waals surface area (Å²) in [6.45, 7) is 3.70. The van der Waals surface area contributed by atoms with E-state index in [4.69, 9.17) is 0 Å². The molecule has 0 saturated carbocycles. The molecule has 0 spiro atoms. The summed E-state index contributed by atoms with van der Waals surface area (Å²) < 4.78 is 31.4. The molecule has 2 aromatic carbocycles. The molecule has 1 heterocycles. The van der Waals surface area contributed by atoms with Gasteiger partial charge in [0.2, 0.25) is 5.91 Å². The van der Waals surface area contributed by atoms with Crippen LogP contribution in [-0.4, -0.2) is 32.8 Å². The fourth-order valence-corrected chi connectivity index (χ4v) is 3.32. The number of nitrogens with zero attached hydrogens (tertiary/aromatic N) is 3. The van der Waals surface area contributed by atoms with Crippen molar-refractivity contribution in [2.75, 3.05) is 6.54 Å². The van der Waals surface area contributed by atoms with Crippen LogP contribution in [0.15, 0.2) is 66.6 Å². The average Bonchev–Trinajstić information content (AvgIpc) is 3.28. The van der Waals surface area contributed by atoms with Gasteiger partial charge in [0.25, 0.3) is 5.91 Å². The second-order valence-electron chi connectivity index (χ2n) is 6.30. The first-order chi connectivity index (χ1) is 14.5. The standard InChI is InChI=1S/C21H18F2N4O2S/c1-2-11-27(21(29)18-13-30-26-25-18)19(16-5-3-4-6-17(16)23)20(28)24-12-14-7-9-15(22)10-8-14/h2-10,13,19H,1,11-12H2,(H,24,28)/t19-/m1/s1. The SMILES string of the molecule is C=CCN(C(=O)c1csnn1)[C@@H](C(=O)NCc1ccc(F)cc1)c1ccccc1F. The lowest BCUT2D eigenvalue weighted by Gasteiger charge is -2.30. The van der Waals surface area contributed by atoms with Gasteiger partial charge >= 0.3 is 0 Å². The molecule has 0 aliphatic rings. The number of rotatable bonds is 8. The number of benzene rings is 2. The first kappa shape index (κ1) is 21.3. The maximum atomic E-state index is 14.6. The topological polar surface area (TPSA) is 75.2 Å². The van der Waals surface area contributed by atoms with Crippen LogP contribution in [0, 0.1) is 11.6 Å². The van der Waals surface area contributed by atoms with Gasteiger partial charge in [-0.25, -0.2) is 8.78 Å². The van der Waals surface area contributed by atoms with Gasteiger partial charge in [-0.15, -0.1) is 11.7 Å². The van der Waals surface area contributed by atoms with Gasteiger partial charge in [0.1, 0.15) is 17.7 Å². The van der Waals surface area contributed by atoms with E-state index in [1.807, 2.05) is 0 Å². The Kier molecular flexibility index (Phi) is 6.97. The fourth-order valence-electron chi connectivity index (χ4n) is 2.89. The lowest BCUT2D eigenvalue weighted by atomic mass is 10.0. The van der Waals surface area contributed by atoms with Crippen LogP contribution in [0.3, 0.4) is 0 Å². The lowest BCUT2D eigenvalue weighted by Crippen LogP contribution is -2.44. The molecule has 6 nitrogen and oxygen atoms in total. The second-order valence-corrected chi connectivity index (χ2v) is 6.91. The van der Waals surface area contributed by atoms with E-state index in [1.54, 1.807) is 6.07 Å². The van der Waals surface area contributed by atoms with Gasteiger partial charge in [-0.2, -0.15) is 0 Å². The van der Waals surface area contributed by atoms with Gasteiger partial charge in [0, 0.05) is 24.0 Å². The monoisotopic (exact) mass is 428 g/mol. The fraction of sp³-hybridized carbons (Fsp3) is 0.143. The predicted octanol–water partition coefficient (Wildman–Crippen LogP) is 3.50. The third kappa shape index (κ3) is 4.93. The molecule has 1 aromatic heterocycles. The van der Waals surface area contributed by atoms with E-state index in [0.717, 1.165) is 11.5 Å². The summed E-state index contributed by atoms with van der Waals surface area (Å²) in [6.07, 6.45) is 1.44. The van der Waals surface area contributed by atoms with Gasteiger partial charge < -0.3 is 10.2 Å². The Morgan fingerprint density at radius 1 is 1.17 bits per heavy atom. The number of nitrogens with one attached hydrogen (secondary N) is 1. The van der Waals surface area contributed by atoms with E-state index in [2.05, 4.69) is 21.5 Å².